The number of fused-ring (bicyclic) bond motifs is 2. The highest BCUT2D eigenvalue weighted by Crippen LogP contribution is 2.42. The minimum atomic E-state index is -0.466. The minimum absolute atomic E-state index is 0.0629. The first-order chi connectivity index (χ1) is 13.6. The Morgan fingerprint density at radius 3 is 2.54 bits per heavy atom. The van der Waals surface area contributed by atoms with E-state index in [1.807, 2.05) is 30.3 Å². The topological polar surface area (TPSA) is 75.6 Å². The molecule has 0 fully saturated rings. The number of aryl methyl sites for hydroxylation is 1. The lowest BCUT2D eigenvalue weighted by molar-refractivity contribution is -0.140. The lowest BCUT2D eigenvalue weighted by atomic mass is 9.78. The van der Waals surface area contributed by atoms with Crippen molar-refractivity contribution in [2.75, 3.05) is 21.0 Å². The zero-order valence-electron chi connectivity index (χ0n) is 16.0. The maximum atomic E-state index is 11.4. The van der Waals surface area contributed by atoms with Crippen molar-refractivity contribution in [3.05, 3.63) is 47.0 Å². The summed E-state index contributed by atoms with van der Waals surface area (Å²) < 4.78 is 21.8. The van der Waals surface area contributed by atoms with Gasteiger partial charge < -0.3 is 23.8 Å². The van der Waals surface area contributed by atoms with Gasteiger partial charge in [0.2, 0.25) is 6.79 Å². The number of nitrogens with zero attached hydrogens (tertiary/aromatic N) is 1. The predicted octanol–water partition coefficient (Wildman–Crippen LogP) is 3.43. The van der Waals surface area contributed by atoms with Crippen molar-refractivity contribution >= 4 is 11.7 Å². The third kappa shape index (κ3) is 3.24. The van der Waals surface area contributed by atoms with Crippen LogP contribution in [0.3, 0.4) is 0 Å². The summed E-state index contributed by atoms with van der Waals surface area (Å²) in [5.41, 5.74) is 3.68. The molecule has 28 heavy (non-hydrogen) atoms. The highest BCUT2D eigenvalue weighted by Gasteiger charge is 2.31. The van der Waals surface area contributed by atoms with Crippen molar-refractivity contribution in [2.24, 2.45) is 5.16 Å². The van der Waals surface area contributed by atoms with Gasteiger partial charge in [0.1, 0.15) is 0 Å². The standard InChI is InChI=1S/C21H21NO6/c1-12(23)28-22-21-15(13-5-7-17(24-2)18(8-13)25-3)6-4-14-9-19-20(10-16(14)21)27-11-26-19/h5,7-10,15H,4,6,11H2,1-3H3/b22-21+/t15-/m0/s1. The number of ether oxygens (including phenoxy) is 4. The fourth-order valence-corrected chi connectivity index (χ4v) is 3.67. The first-order valence-electron chi connectivity index (χ1n) is 9.01. The molecule has 0 aromatic heterocycles. The highest BCUT2D eigenvalue weighted by atomic mass is 16.7. The summed E-state index contributed by atoms with van der Waals surface area (Å²) in [5, 5.41) is 4.20. The molecule has 0 unspecified atom stereocenters. The Morgan fingerprint density at radius 2 is 1.82 bits per heavy atom. The second-order valence-electron chi connectivity index (χ2n) is 6.63. The molecule has 1 aliphatic heterocycles. The van der Waals surface area contributed by atoms with Crippen LogP contribution in [0.1, 0.15) is 36.0 Å². The Kier molecular flexibility index (Phi) is 4.81. The monoisotopic (exact) mass is 383 g/mol. The molecule has 2 aromatic carbocycles. The van der Waals surface area contributed by atoms with Gasteiger partial charge in [-0.15, -0.1) is 0 Å². The van der Waals surface area contributed by atoms with Crippen LogP contribution < -0.4 is 18.9 Å². The fourth-order valence-electron chi connectivity index (χ4n) is 3.67. The molecule has 1 aliphatic carbocycles. The number of benzene rings is 2. The van der Waals surface area contributed by atoms with Gasteiger partial charge in [-0.2, -0.15) is 0 Å². The van der Waals surface area contributed by atoms with E-state index in [9.17, 15) is 4.79 Å². The zero-order valence-corrected chi connectivity index (χ0v) is 16.0. The predicted molar refractivity (Wildman–Crippen MR) is 101 cm³/mol. The maximum absolute atomic E-state index is 11.4. The third-order valence-corrected chi connectivity index (χ3v) is 4.99. The van der Waals surface area contributed by atoms with Crippen molar-refractivity contribution < 1.29 is 28.6 Å². The molecule has 0 N–H and O–H groups in total. The number of hydrogen-bond acceptors (Lipinski definition) is 7. The SMILES string of the molecule is COc1ccc([C@@H]2CCc3cc4c(cc3/C2=N/OC(C)=O)OCO4)cc1OC. The zero-order chi connectivity index (χ0) is 19.7. The number of methoxy groups -OCH3 is 2. The van der Waals surface area contributed by atoms with Gasteiger partial charge >= 0.3 is 5.97 Å². The average Bonchev–Trinajstić information content (AvgIpc) is 3.17. The molecule has 1 heterocycles. The second kappa shape index (κ2) is 7.42. The van der Waals surface area contributed by atoms with E-state index in [0.29, 0.717) is 23.0 Å². The highest BCUT2D eigenvalue weighted by molar-refractivity contribution is 6.07. The molecule has 146 valence electrons. The quantitative estimate of drug-likeness (QED) is 0.595. The second-order valence-corrected chi connectivity index (χ2v) is 6.63. The minimum Gasteiger partial charge on any atom is -0.493 e. The third-order valence-electron chi connectivity index (χ3n) is 4.99. The number of carbonyl (C=O) groups excluding carboxylic acids is 1. The van der Waals surface area contributed by atoms with Crippen molar-refractivity contribution in [2.45, 2.75) is 25.7 Å². The lowest BCUT2D eigenvalue weighted by Gasteiger charge is -2.27. The van der Waals surface area contributed by atoms with E-state index < -0.39 is 5.97 Å². The summed E-state index contributed by atoms with van der Waals surface area (Å²) in [6, 6.07) is 9.67. The molecule has 0 amide bonds. The molecule has 0 spiro atoms. The molecular formula is C21H21NO6. The average molecular weight is 383 g/mol. The van der Waals surface area contributed by atoms with Gasteiger partial charge in [0.15, 0.2) is 23.0 Å². The Morgan fingerprint density at radius 1 is 1.07 bits per heavy atom. The first kappa shape index (κ1) is 18.2. The maximum Gasteiger partial charge on any atom is 0.331 e. The summed E-state index contributed by atoms with van der Waals surface area (Å²) >= 11 is 0. The van der Waals surface area contributed by atoms with E-state index >= 15 is 0 Å². The van der Waals surface area contributed by atoms with Crippen LogP contribution in [0.2, 0.25) is 0 Å². The number of oxime groups is 1. The number of carbonyl (C=O) groups is 1. The molecule has 2 aliphatic rings. The van der Waals surface area contributed by atoms with E-state index in [1.54, 1.807) is 14.2 Å². The van der Waals surface area contributed by atoms with Crippen LogP contribution in [-0.4, -0.2) is 32.7 Å². The Balaban J connectivity index is 1.79. The molecule has 7 heteroatoms. The molecule has 0 bridgehead atoms. The van der Waals surface area contributed by atoms with Crippen LogP contribution in [0.5, 0.6) is 23.0 Å². The van der Waals surface area contributed by atoms with Gasteiger partial charge in [0.25, 0.3) is 0 Å². The van der Waals surface area contributed by atoms with Gasteiger partial charge in [-0.25, -0.2) is 4.79 Å². The van der Waals surface area contributed by atoms with Crippen molar-refractivity contribution in [3.8, 4) is 23.0 Å². The molecule has 2 aromatic rings. The van der Waals surface area contributed by atoms with Crippen LogP contribution in [0.25, 0.3) is 0 Å². The van der Waals surface area contributed by atoms with E-state index in [1.165, 1.54) is 6.92 Å². The van der Waals surface area contributed by atoms with Crippen LogP contribution in [-0.2, 0) is 16.1 Å². The molecule has 7 nitrogen and oxygen atoms in total. The van der Waals surface area contributed by atoms with E-state index in [2.05, 4.69) is 5.16 Å². The van der Waals surface area contributed by atoms with Gasteiger partial charge in [0, 0.05) is 18.4 Å². The smallest absolute Gasteiger partial charge is 0.331 e. The van der Waals surface area contributed by atoms with Crippen LogP contribution in [0, 0.1) is 0 Å². The summed E-state index contributed by atoms with van der Waals surface area (Å²) in [7, 11) is 3.21. The molecule has 0 saturated heterocycles. The van der Waals surface area contributed by atoms with Gasteiger partial charge in [-0.3, -0.25) is 0 Å². The molecule has 0 radical (unpaired) electrons. The number of hydrogen-bond donors (Lipinski definition) is 0. The van der Waals surface area contributed by atoms with E-state index in [0.717, 1.165) is 35.3 Å². The van der Waals surface area contributed by atoms with Crippen LogP contribution in [0.15, 0.2) is 35.5 Å². The Labute approximate surface area is 162 Å². The van der Waals surface area contributed by atoms with Crippen molar-refractivity contribution in [1.29, 1.82) is 0 Å². The van der Waals surface area contributed by atoms with Crippen molar-refractivity contribution in [3.63, 3.8) is 0 Å². The summed E-state index contributed by atoms with van der Waals surface area (Å²) in [6.45, 7) is 1.53. The van der Waals surface area contributed by atoms with Crippen LogP contribution in [0.4, 0.5) is 0 Å². The Hall–Kier alpha value is -3.22. The fraction of sp³-hybridized carbons (Fsp3) is 0.333. The lowest BCUT2D eigenvalue weighted by Crippen LogP contribution is -2.23. The largest absolute Gasteiger partial charge is 0.493 e. The van der Waals surface area contributed by atoms with Gasteiger partial charge in [0.05, 0.1) is 19.9 Å². The number of rotatable bonds is 4. The van der Waals surface area contributed by atoms with E-state index in [-0.39, 0.29) is 12.7 Å². The van der Waals surface area contributed by atoms with Crippen LogP contribution >= 0.6 is 0 Å². The first-order valence-corrected chi connectivity index (χ1v) is 9.01. The molecule has 0 saturated carbocycles. The van der Waals surface area contributed by atoms with Gasteiger partial charge in [-0.1, -0.05) is 11.2 Å². The van der Waals surface area contributed by atoms with Crippen molar-refractivity contribution in [1.82, 2.24) is 0 Å². The Bertz CT molecular complexity index is 952. The van der Waals surface area contributed by atoms with E-state index in [4.69, 9.17) is 23.8 Å². The summed E-state index contributed by atoms with van der Waals surface area (Å²) in [5.74, 6) is 2.17. The van der Waals surface area contributed by atoms with Gasteiger partial charge in [-0.05, 0) is 48.2 Å². The molecule has 4 rings (SSSR count). The normalized spacial score (nSPS) is 18.5. The summed E-state index contributed by atoms with van der Waals surface area (Å²) in [4.78, 5) is 16.4. The molecule has 1 atom stereocenters. The summed E-state index contributed by atoms with van der Waals surface area (Å²) in [6.07, 6.45) is 1.65. The molecular weight excluding hydrogens is 362 g/mol.